The molecule has 18 heavy (non-hydrogen) atoms. The summed E-state index contributed by atoms with van der Waals surface area (Å²) >= 11 is 0. The Kier molecular flexibility index (Phi) is 3.87. The quantitative estimate of drug-likeness (QED) is 0.804. The molecule has 0 heterocycles. The molecule has 0 aliphatic heterocycles. The van der Waals surface area contributed by atoms with E-state index in [0.717, 1.165) is 18.4 Å². The minimum Gasteiger partial charge on any atom is -0.445 e. The Morgan fingerprint density at radius 1 is 1.33 bits per heavy atom. The molecule has 2 rings (SSSR count). The molecule has 0 aromatic heterocycles. The number of nitrogens with zero attached hydrogens (tertiary/aromatic N) is 1. The van der Waals surface area contributed by atoms with Gasteiger partial charge in [0.15, 0.2) is 0 Å². The van der Waals surface area contributed by atoms with Crippen molar-refractivity contribution in [2.75, 3.05) is 20.8 Å². The SMILES string of the molecule is COCC1(N(C)C(=O)OCc2ccccc2)CC1. The number of amides is 1. The molecule has 0 spiro atoms. The van der Waals surface area contributed by atoms with E-state index in [0.29, 0.717) is 13.2 Å². The molecule has 0 bridgehead atoms. The number of carbonyl (C=O) groups excluding carboxylic acids is 1. The van der Waals surface area contributed by atoms with Crippen LogP contribution in [0.15, 0.2) is 30.3 Å². The number of benzene rings is 1. The number of hydrogen-bond donors (Lipinski definition) is 0. The molecule has 1 amide bonds. The summed E-state index contributed by atoms with van der Waals surface area (Å²) in [5, 5.41) is 0. The topological polar surface area (TPSA) is 38.8 Å². The number of methoxy groups -OCH3 is 1. The fraction of sp³-hybridized carbons (Fsp3) is 0.500. The van der Waals surface area contributed by atoms with Gasteiger partial charge in [-0.2, -0.15) is 0 Å². The molecule has 1 aliphatic rings. The Bertz CT molecular complexity index is 401. The molecule has 1 aromatic rings. The molecule has 0 N–H and O–H groups in total. The summed E-state index contributed by atoms with van der Waals surface area (Å²) in [6.07, 6.45) is 1.68. The molecular formula is C14H19NO3. The summed E-state index contributed by atoms with van der Waals surface area (Å²) in [7, 11) is 3.43. The lowest BCUT2D eigenvalue weighted by Gasteiger charge is -2.26. The number of rotatable bonds is 5. The van der Waals surface area contributed by atoms with Crippen LogP contribution in [0.2, 0.25) is 0 Å². The van der Waals surface area contributed by atoms with E-state index in [1.54, 1.807) is 19.1 Å². The van der Waals surface area contributed by atoms with Crippen molar-refractivity contribution in [2.45, 2.75) is 25.0 Å². The fourth-order valence-electron chi connectivity index (χ4n) is 2.00. The molecule has 0 radical (unpaired) electrons. The van der Waals surface area contributed by atoms with Gasteiger partial charge in [-0.15, -0.1) is 0 Å². The first-order valence-electron chi connectivity index (χ1n) is 6.11. The Morgan fingerprint density at radius 2 is 2.00 bits per heavy atom. The monoisotopic (exact) mass is 249 g/mol. The van der Waals surface area contributed by atoms with Gasteiger partial charge in [0.1, 0.15) is 6.61 Å². The average molecular weight is 249 g/mol. The minimum atomic E-state index is -0.284. The highest BCUT2D eigenvalue weighted by atomic mass is 16.6. The summed E-state index contributed by atoms with van der Waals surface area (Å²) in [4.78, 5) is 13.6. The third-order valence-electron chi connectivity index (χ3n) is 3.43. The van der Waals surface area contributed by atoms with Crippen molar-refractivity contribution >= 4 is 6.09 Å². The third kappa shape index (κ3) is 2.82. The van der Waals surface area contributed by atoms with Gasteiger partial charge in [0.25, 0.3) is 0 Å². The molecular weight excluding hydrogens is 230 g/mol. The molecule has 0 unspecified atom stereocenters. The Labute approximate surface area is 107 Å². The summed E-state index contributed by atoms with van der Waals surface area (Å²) in [5.41, 5.74) is 0.860. The van der Waals surface area contributed by atoms with Crippen LogP contribution in [0.5, 0.6) is 0 Å². The average Bonchev–Trinajstić information content (AvgIpc) is 3.17. The van der Waals surface area contributed by atoms with Gasteiger partial charge in [0.2, 0.25) is 0 Å². The fourth-order valence-corrected chi connectivity index (χ4v) is 2.00. The Hall–Kier alpha value is -1.55. The lowest BCUT2D eigenvalue weighted by atomic mass is 10.2. The summed E-state index contributed by atoms with van der Waals surface area (Å²) in [5.74, 6) is 0. The number of carbonyl (C=O) groups is 1. The second-order valence-electron chi connectivity index (χ2n) is 4.76. The molecule has 4 heteroatoms. The van der Waals surface area contributed by atoms with Crippen LogP contribution >= 0.6 is 0 Å². The van der Waals surface area contributed by atoms with Crippen molar-refractivity contribution in [3.05, 3.63) is 35.9 Å². The molecule has 0 atom stereocenters. The van der Waals surface area contributed by atoms with Gasteiger partial charge in [-0.1, -0.05) is 30.3 Å². The van der Waals surface area contributed by atoms with Crippen LogP contribution in [0.25, 0.3) is 0 Å². The largest absolute Gasteiger partial charge is 0.445 e. The molecule has 1 aliphatic carbocycles. The molecule has 1 saturated carbocycles. The van der Waals surface area contributed by atoms with Crippen molar-refractivity contribution in [2.24, 2.45) is 0 Å². The van der Waals surface area contributed by atoms with Crippen molar-refractivity contribution in [1.82, 2.24) is 4.90 Å². The second kappa shape index (κ2) is 5.40. The van der Waals surface area contributed by atoms with Gasteiger partial charge in [-0.05, 0) is 18.4 Å². The predicted molar refractivity (Wildman–Crippen MR) is 68.2 cm³/mol. The first kappa shape index (κ1) is 12.9. The van der Waals surface area contributed by atoms with Crippen LogP contribution < -0.4 is 0 Å². The van der Waals surface area contributed by atoms with E-state index >= 15 is 0 Å². The highest BCUT2D eigenvalue weighted by molar-refractivity contribution is 5.69. The third-order valence-corrected chi connectivity index (χ3v) is 3.43. The Balaban J connectivity index is 1.85. The zero-order valence-corrected chi connectivity index (χ0v) is 10.9. The van der Waals surface area contributed by atoms with Crippen LogP contribution in [0.3, 0.4) is 0 Å². The standard InChI is InChI=1S/C14H19NO3/c1-15(14(8-9-14)11-17-2)13(16)18-10-12-6-4-3-5-7-12/h3-7H,8-11H2,1-2H3. The first-order chi connectivity index (χ1) is 8.68. The van der Waals surface area contributed by atoms with Gasteiger partial charge < -0.3 is 14.4 Å². The molecule has 1 aromatic carbocycles. The Morgan fingerprint density at radius 3 is 2.56 bits per heavy atom. The number of likely N-dealkylation sites (N-methyl/N-ethyl adjacent to an activating group) is 1. The van der Waals surface area contributed by atoms with E-state index in [2.05, 4.69) is 0 Å². The maximum absolute atomic E-state index is 11.9. The summed E-state index contributed by atoms with van der Waals surface area (Å²) in [6.45, 7) is 0.886. The maximum atomic E-state index is 11.9. The van der Waals surface area contributed by atoms with Crippen LogP contribution in [0, 0.1) is 0 Å². The van der Waals surface area contributed by atoms with E-state index in [-0.39, 0.29) is 11.6 Å². The summed E-state index contributed by atoms with van der Waals surface area (Å²) < 4.78 is 10.4. The van der Waals surface area contributed by atoms with Crippen molar-refractivity contribution in [3.8, 4) is 0 Å². The minimum absolute atomic E-state index is 0.136. The summed E-state index contributed by atoms with van der Waals surface area (Å²) in [6, 6.07) is 9.68. The highest BCUT2D eigenvalue weighted by Gasteiger charge is 2.49. The number of ether oxygens (including phenoxy) is 2. The normalized spacial score (nSPS) is 16.1. The number of hydrogen-bond acceptors (Lipinski definition) is 3. The molecule has 4 nitrogen and oxygen atoms in total. The van der Waals surface area contributed by atoms with Gasteiger partial charge >= 0.3 is 6.09 Å². The lowest BCUT2D eigenvalue weighted by Crippen LogP contribution is -2.42. The van der Waals surface area contributed by atoms with E-state index in [4.69, 9.17) is 9.47 Å². The van der Waals surface area contributed by atoms with Gasteiger partial charge in [0, 0.05) is 14.2 Å². The van der Waals surface area contributed by atoms with Gasteiger partial charge in [-0.25, -0.2) is 4.79 Å². The van der Waals surface area contributed by atoms with Gasteiger partial charge in [-0.3, -0.25) is 0 Å². The highest BCUT2D eigenvalue weighted by Crippen LogP contribution is 2.41. The van der Waals surface area contributed by atoms with Crippen molar-refractivity contribution in [3.63, 3.8) is 0 Å². The van der Waals surface area contributed by atoms with E-state index in [1.165, 1.54) is 0 Å². The van der Waals surface area contributed by atoms with E-state index in [1.807, 2.05) is 30.3 Å². The van der Waals surface area contributed by atoms with E-state index in [9.17, 15) is 4.79 Å². The van der Waals surface area contributed by atoms with Crippen molar-refractivity contribution in [1.29, 1.82) is 0 Å². The first-order valence-corrected chi connectivity index (χ1v) is 6.11. The van der Waals surface area contributed by atoms with Crippen molar-refractivity contribution < 1.29 is 14.3 Å². The zero-order chi connectivity index (χ0) is 13.0. The molecule has 98 valence electrons. The second-order valence-corrected chi connectivity index (χ2v) is 4.76. The predicted octanol–water partition coefficient (Wildman–Crippen LogP) is 2.43. The zero-order valence-electron chi connectivity index (χ0n) is 10.9. The van der Waals surface area contributed by atoms with Gasteiger partial charge in [0.05, 0.1) is 12.1 Å². The lowest BCUT2D eigenvalue weighted by molar-refractivity contribution is 0.0571. The molecule has 0 saturated heterocycles. The van der Waals surface area contributed by atoms with Crippen LogP contribution in [0.4, 0.5) is 4.79 Å². The van der Waals surface area contributed by atoms with Crippen LogP contribution in [-0.2, 0) is 16.1 Å². The maximum Gasteiger partial charge on any atom is 0.410 e. The molecule has 1 fully saturated rings. The van der Waals surface area contributed by atoms with Crippen LogP contribution in [-0.4, -0.2) is 37.3 Å². The smallest absolute Gasteiger partial charge is 0.410 e. The van der Waals surface area contributed by atoms with E-state index < -0.39 is 0 Å². The van der Waals surface area contributed by atoms with Crippen LogP contribution in [0.1, 0.15) is 18.4 Å².